The third-order valence-electron chi connectivity index (χ3n) is 4.54. The normalized spacial score (nSPS) is 32.4. The standard InChI is InChI=1S/C14H28N2/c1-14(2,10-15)11-16-9-5-7-12-6-3-4-8-13(12)16/h12-13H,3-11,15H2,1-2H3/t12-,13-/m1/s1. The molecule has 1 aliphatic carbocycles. The molecule has 0 radical (unpaired) electrons. The highest BCUT2D eigenvalue weighted by Crippen LogP contribution is 2.36. The van der Waals surface area contributed by atoms with Crippen molar-refractivity contribution >= 4 is 0 Å². The van der Waals surface area contributed by atoms with Crippen molar-refractivity contribution in [3.05, 3.63) is 0 Å². The van der Waals surface area contributed by atoms with E-state index in [9.17, 15) is 0 Å². The van der Waals surface area contributed by atoms with E-state index < -0.39 is 0 Å². The van der Waals surface area contributed by atoms with Crippen molar-refractivity contribution < 1.29 is 0 Å². The molecule has 1 saturated heterocycles. The molecule has 1 saturated carbocycles. The maximum Gasteiger partial charge on any atom is 0.0124 e. The summed E-state index contributed by atoms with van der Waals surface area (Å²) in [5.74, 6) is 0.996. The quantitative estimate of drug-likeness (QED) is 0.798. The van der Waals surface area contributed by atoms with E-state index in [1.165, 1.54) is 51.6 Å². The summed E-state index contributed by atoms with van der Waals surface area (Å²) in [5.41, 5.74) is 6.16. The first-order chi connectivity index (χ1) is 7.62. The van der Waals surface area contributed by atoms with Crippen LogP contribution in [-0.4, -0.2) is 30.6 Å². The molecule has 2 rings (SSSR count). The van der Waals surface area contributed by atoms with Gasteiger partial charge in [0.1, 0.15) is 0 Å². The Morgan fingerprint density at radius 3 is 2.56 bits per heavy atom. The molecule has 2 heteroatoms. The van der Waals surface area contributed by atoms with Crippen LogP contribution in [0.5, 0.6) is 0 Å². The molecule has 1 aliphatic heterocycles. The predicted molar refractivity (Wildman–Crippen MR) is 69.4 cm³/mol. The highest BCUT2D eigenvalue weighted by atomic mass is 15.2. The van der Waals surface area contributed by atoms with Gasteiger partial charge in [0, 0.05) is 12.6 Å². The molecule has 2 nitrogen and oxygen atoms in total. The Morgan fingerprint density at radius 2 is 1.81 bits per heavy atom. The van der Waals surface area contributed by atoms with Crippen LogP contribution in [0.25, 0.3) is 0 Å². The molecule has 0 amide bonds. The van der Waals surface area contributed by atoms with Crippen molar-refractivity contribution in [1.82, 2.24) is 4.90 Å². The fourth-order valence-electron chi connectivity index (χ4n) is 3.54. The van der Waals surface area contributed by atoms with Gasteiger partial charge in [-0.25, -0.2) is 0 Å². The third kappa shape index (κ3) is 2.78. The van der Waals surface area contributed by atoms with Gasteiger partial charge in [0.2, 0.25) is 0 Å². The van der Waals surface area contributed by atoms with Crippen molar-refractivity contribution in [2.45, 2.75) is 58.4 Å². The highest BCUT2D eigenvalue weighted by molar-refractivity contribution is 4.89. The summed E-state index contributed by atoms with van der Waals surface area (Å²) >= 11 is 0. The Hall–Kier alpha value is -0.0800. The molecule has 2 atom stereocenters. The Balaban J connectivity index is 1.97. The SMILES string of the molecule is CC(C)(CN)CN1CCC[C@H]2CCCC[C@H]21. The Labute approximate surface area is 101 Å². The van der Waals surface area contributed by atoms with Crippen LogP contribution < -0.4 is 5.73 Å². The molecule has 0 aromatic carbocycles. The zero-order valence-electron chi connectivity index (χ0n) is 11.0. The second kappa shape index (κ2) is 5.05. The van der Waals surface area contributed by atoms with Crippen LogP contribution in [0.3, 0.4) is 0 Å². The van der Waals surface area contributed by atoms with Gasteiger partial charge >= 0.3 is 0 Å². The summed E-state index contributed by atoms with van der Waals surface area (Å²) < 4.78 is 0. The largest absolute Gasteiger partial charge is 0.330 e. The first-order valence-corrected chi connectivity index (χ1v) is 7.06. The average molecular weight is 224 g/mol. The molecule has 0 aromatic heterocycles. The second-order valence-corrected chi connectivity index (χ2v) is 6.59. The van der Waals surface area contributed by atoms with Gasteiger partial charge in [-0.15, -0.1) is 0 Å². The van der Waals surface area contributed by atoms with Crippen LogP contribution in [0.4, 0.5) is 0 Å². The number of nitrogens with two attached hydrogens (primary N) is 1. The maximum atomic E-state index is 5.86. The van der Waals surface area contributed by atoms with Crippen LogP contribution in [0.1, 0.15) is 52.4 Å². The summed E-state index contributed by atoms with van der Waals surface area (Å²) in [6.07, 6.45) is 8.71. The monoisotopic (exact) mass is 224 g/mol. The highest BCUT2D eigenvalue weighted by Gasteiger charge is 2.35. The minimum atomic E-state index is 0.291. The van der Waals surface area contributed by atoms with E-state index in [-0.39, 0.29) is 0 Å². The van der Waals surface area contributed by atoms with E-state index >= 15 is 0 Å². The number of likely N-dealkylation sites (tertiary alicyclic amines) is 1. The summed E-state index contributed by atoms with van der Waals surface area (Å²) in [6, 6.07) is 0.883. The molecule has 1 heterocycles. The zero-order chi connectivity index (χ0) is 11.6. The van der Waals surface area contributed by atoms with E-state index in [0.29, 0.717) is 5.41 Å². The fraction of sp³-hybridized carbons (Fsp3) is 1.00. The van der Waals surface area contributed by atoms with Crippen molar-refractivity contribution in [2.24, 2.45) is 17.1 Å². The minimum Gasteiger partial charge on any atom is -0.330 e. The van der Waals surface area contributed by atoms with Gasteiger partial charge in [-0.3, -0.25) is 4.90 Å². The van der Waals surface area contributed by atoms with Gasteiger partial charge < -0.3 is 5.73 Å². The molecule has 16 heavy (non-hydrogen) atoms. The van der Waals surface area contributed by atoms with E-state index in [0.717, 1.165) is 18.5 Å². The molecule has 2 N–H and O–H groups in total. The summed E-state index contributed by atoms with van der Waals surface area (Å²) in [5, 5.41) is 0. The van der Waals surface area contributed by atoms with Gasteiger partial charge in [0.25, 0.3) is 0 Å². The lowest BCUT2D eigenvalue weighted by atomic mass is 9.77. The molecule has 0 unspecified atom stereocenters. The Kier molecular flexibility index (Phi) is 3.91. The lowest BCUT2D eigenvalue weighted by Crippen LogP contribution is -2.51. The van der Waals surface area contributed by atoms with Gasteiger partial charge in [0.15, 0.2) is 0 Å². The molecule has 0 spiro atoms. The molecular formula is C14H28N2. The van der Waals surface area contributed by atoms with Crippen molar-refractivity contribution in [2.75, 3.05) is 19.6 Å². The number of fused-ring (bicyclic) bond motifs is 1. The van der Waals surface area contributed by atoms with Crippen LogP contribution in [0.2, 0.25) is 0 Å². The summed E-state index contributed by atoms with van der Waals surface area (Å²) in [4.78, 5) is 2.75. The second-order valence-electron chi connectivity index (χ2n) is 6.59. The van der Waals surface area contributed by atoms with E-state index in [4.69, 9.17) is 5.73 Å². The predicted octanol–water partition coefficient (Wildman–Crippen LogP) is 2.63. The maximum absolute atomic E-state index is 5.86. The lowest BCUT2D eigenvalue weighted by Gasteiger charge is -2.46. The average Bonchev–Trinajstić information content (AvgIpc) is 2.29. The minimum absolute atomic E-state index is 0.291. The zero-order valence-corrected chi connectivity index (χ0v) is 11.0. The fourth-order valence-corrected chi connectivity index (χ4v) is 3.54. The van der Waals surface area contributed by atoms with Crippen molar-refractivity contribution in [3.8, 4) is 0 Å². The van der Waals surface area contributed by atoms with E-state index in [2.05, 4.69) is 18.7 Å². The topological polar surface area (TPSA) is 29.3 Å². The van der Waals surface area contributed by atoms with Crippen molar-refractivity contribution in [3.63, 3.8) is 0 Å². The van der Waals surface area contributed by atoms with Crippen molar-refractivity contribution in [1.29, 1.82) is 0 Å². The van der Waals surface area contributed by atoms with Gasteiger partial charge in [-0.05, 0) is 50.1 Å². The van der Waals surface area contributed by atoms with Gasteiger partial charge in [0.05, 0.1) is 0 Å². The van der Waals surface area contributed by atoms with Crippen LogP contribution >= 0.6 is 0 Å². The molecular weight excluding hydrogens is 196 g/mol. The molecule has 0 aromatic rings. The number of hydrogen-bond donors (Lipinski definition) is 1. The Bertz CT molecular complexity index is 223. The number of nitrogens with zero attached hydrogens (tertiary/aromatic N) is 1. The van der Waals surface area contributed by atoms with Gasteiger partial charge in [-0.1, -0.05) is 26.7 Å². The first kappa shape index (κ1) is 12.4. The summed E-state index contributed by atoms with van der Waals surface area (Å²) in [7, 11) is 0. The smallest absolute Gasteiger partial charge is 0.0124 e. The molecule has 94 valence electrons. The molecule has 0 bridgehead atoms. The molecule has 2 aliphatic rings. The number of piperidine rings is 1. The van der Waals surface area contributed by atoms with Crippen LogP contribution in [-0.2, 0) is 0 Å². The third-order valence-corrected chi connectivity index (χ3v) is 4.54. The van der Waals surface area contributed by atoms with Crippen LogP contribution in [0.15, 0.2) is 0 Å². The number of hydrogen-bond acceptors (Lipinski definition) is 2. The molecule has 2 fully saturated rings. The number of rotatable bonds is 3. The first-order valence-electron chi connectivity index (χ1n) is 7.06. The Morgan fingerprint density at radius 1 is 1.12 bits per heavy atom. The van der Waals surface area contributed by atoms with Gasteiger partial charge in [-0.2, -0.15) is 0 Å². The summed E-state index contributed by atoms with van der Waals surface area (Å²) in [6.45, 7) is 7.93. The lowest BCUT2D eigenvalue weighted by molar-refractivity contribution is 0.0339. The van der Waals surface area contributed by atoms with Crippen LogP contribution in [0, 0.1) is 11.3 Å². The van der Waals surface area contributed by atoms with E-state index in [1.54, 1.807) is 0 Å². The van der Waals surface area contributed by atoms with E-state index in [1.807, 2.05) is 0 Å².